The number of halogens is 6. The van der Waals surface area contributed by atoms with Gasteiger partial charge in [0.05, 0.1) is 98.8 Å². The van der Waals surface area contributed by atoms with E-state index in [9.17, 15) is 69.6 Å². The van der Waals surface area contributed by atoms with E-state index in [1.165, 1.54) is 14.1 Å². The van der Waals surface area contributed by atoms with Crippen LogP contribution in [0.25, 0.3) is 0 Å². The number of amides is 6. The van der Waals surface area contributed by atoms with Crippen molar-refractivity contribution in [3.63, 3.8) is 0 Å². The second kappa shape index (κ2) is 25.6. The van der Waals surface area contributed by atoms with Crippen LogP contribution in [-0.4, -0.2) is 167 Å². The molecule has 4 atom stereocenters. The van der Waals surface area contributed by atoms with Crippen molar-refractivity contribution in [3.8, 4) is 0 Å². The summed E-state index contributed by atoms with van der Waals surface area (Å²) in [6, 6.07) is 0. The third-order valence-electron chi connectivity index (χ3n) is 8.05. The number of anilines is 2. The molecule has 2 rings (SSSR count). The highest BCUT2D eigenvalue weighted by atomic mass is 127. The summed E-state index contributed by atoms with van der Waals surface area (Å²) in [5.74, 6) is -4.75. The highest BCUT2D eigenvalue weighted by Crippen LogP contribution is 2.40. The average molecular weight is 1510 g/mol. The fourth-order valence-electron chi connectivity index (χ4n) is 4.76. The minimum Gasteiger partial charge on any atom is -0.394 e. The number of aliphatic hydroxyl groups is 8. The summed E-state index contributed by atoms with van der Waals surface area (Å²) < 4.78 is 0.928. The van der Waals surface area contributed by atoms with Gasteiger partial charge in [-0.2, -0.15) is 0 Å². The van der Waals surface area contributed by atoms with E-state index in [0.29, 0.717) is 0 Å². The lowest BCUT2D eigenvalue weighted by molar-refractivity contribution is -0.126. The number of benzene rings is 2. The van der Waals surface area contributed by atoms with E-state index in [4.69, 9.17) is 0 Å². The minimum atomic E-state index is -1.30. The third kappa shape index (κ3) is 14.2. The van der Waals surface area contributed by atoms with E-state index in [0.717, 1.165) is 9.80 Å². The Labute approximate surface area is 419 Å². The Morgan fingerprint density at radius 1 is 0.441 bits per heavy atom. The van der Waals surface area contributed by atoms with Crippen molar-refractivity contribution in [2.24, 2.45) is 0 Å². The first-order chi connectivity index (χ1) is 27.6. The standard InChI is InChI=1S/C33H40I6N6O14/c1-44(28-24(36)18(30(56)40-4-12(50)8-46)22(34)19(25(28)37)31(57)41-5-13(51)9-47)16(54)3-17(55)45(2)29-26(38)20(32(58)42-6-14(52)10-48)23(35)21(27(29)39)33(59)43-7-15(53)11-49/h12-15,46-53H,3-11H2,1-2H3,(H,40,56)(H,41,57)(H,42,58)(H,43,59). The Morgan fingerprint density at radius 3 is 0.831 bits per heavy atom. The largest absolute Gasteiger partial charge is 0.394 e. The highest BCUT2D eigenvalue weighted by molar-refractivity contribution is 14.1. The summed E-state index contributed by atoms with van der Waals surface area (Å²) >= 11 is 10.7. The molecule has 0 aromatic heterocycles. The Morgan fingerprint density at radius 2 is 0.644 bits per heavy atom. The summed E-state index contributed by atoms with van der Waals surface area (Å²) in [4.78, 5) is 84.1. The lowest BCUT2D eigenvalue weighted by Gasteiger charge is -2.27. The number of carbonyl (C=O) groups is 6. The van der Waals surface area contributed by atoms with Gasteiger partial charge in [-0.3, -0.25) is 28.8 Å². The van der Waals surface area contributed by atoms with Gasteiger partial charge in [-0.25, -0.2) is 0 Å². The Hall–Kier alpha value is -0.680. The molecule has 0 saturated heterocycles. The van der Waals surface area contributed by atoms with Crippen LogP contribution in [0.3, 0.4) is 0 Å². The van der Waals surface area contributed by atoms with Gasteiger partial charge in [0, 0.05) is 47.4 Å². The topological polar surface area (TPSA) is 319 Å². The van der Waals surface area contributed by atoms with Gasteiger partial charge >= 0.3 is 0 Å². The van der Waals surface area contributed by atoms with E-state index in [2.05, 4.69) is 21.3 Å². The lowest BCUT2D eigenvalue weighted by Crippen LogP contribution is -2.40. The summed E-state index contributed by atoms with van der Waals surface area (Å²) in [6.07, 6.45) is -6.05. The van der Waals surface area contributed by atoms with E-state index >= 15 is 0 Å². The molecule has 0 saturated carbocycles. The fraction of sp³-hybridized carbons (Fsp3) is 0.455. The molecular weight excluding hydrogens is 1470 g/mol. The van der Waals surface area contributed by atoms with Gasteiger partial charge in [-0.1, -0.05) is 0 Å². The van der Waals surface area contributed by atoms with Crippen molar-refractivity contribution in [2.45, 2.75) is 30.8 Å². The quantitative estimate of drug-likeness (QED) is 0.0540. The van der Waals surface area contributed by atoms with E-state index < -0.39 is 92.7 Å². The number of carbonyl (C=O) groups excluding carboxylic acids is 6. The van der Waals surface area contributed by atoms with Gasteiger partial charge < -0.3 is 71.9 Å². The molecule has 328 valence electrons. The van der Waals surface area contributed by atoms with Crippen molar-refractivity contribution in [3.05, 3.63) is 43.7 Å². The number of hydrogen-bond donors (Lipinski definition) is 12. The van der Waals surface area contributed by atoms with Crippen LogP contribution < -0.4 is 31.1 Å². The summed E-state index contributed by atoms with van der Waals surface area (Å²) in [5, 5.41) is 86.2. The minimum absolute atomic E-state index is 0.0410. The van der Waals surface area contributed by atoms with Crippen molar-refractivity contribution < 1.29 is 69.6 Å². The van der Waals surface area contributed by atoms with Crippen molar-refractivity contribution >= 4 is 182 Å². The number of rotatable bonds is 20. The monoisotopic (exact) mass is 1510 g/mol. The van der Waals surface area contributed by atoms with E-state index in [-0.39, 0.29) is 81.2 Å². The Bertz CT molecular complexity index is 1690. The Balaban J connectivity index is 2.71. The molecule has 20 nitrogen and oxygen atoms in total. The molecule has 59 heavy (non-hydrogen) atoms. The van der Waals surface area contributed by atoms with Crippen molar-refractivity contribution in [2.75, 3.05) is 76.5 Å². The lowest BCUT2D eigenvalue weighted by atomic mass is 10.1. The average Bonchev–Trinajstić information content (AvgIpc) is 3.19. The van der Waals surface area contributed by atoms with Gasteiger partial charge in [-0.15, -0.1) is 0 Å². The third-order valence-corrected chi connectivity index (χ3v) is 14.4. The molecule has 12 N–H and O–H groups in total. The normalized spacial score (nSPS) is 13.2. The van der Waals surface area contributed by atoms with Crippen LogP contribution in [0.2, 0.25) is 0 Å². The van der Waals surface area contributed by atoms with Gasteiger partial charge in [-0.05, 0) is 136 Å². The zero-order valence-corrected chi connectivity index (χ0v) is 43.8. The number of aliphatic hydroxyl groups excluding tert-OH is 8. The molecular formula is C33H40I6N6O14. The van der Waals surface area contributed by atoms with E-state index in [1.54, 1.807) is 136 Å². The maximum Gasteiger partial charge on any atom is 0.253 e. The van der Waals surface area contributed by atoms with Gasteiger partial charge in [0.2, 0.25) is 11.8 Å². The first-order valence-corrected chi connectivity index (χ1v) is 23.3. The highest BCUT2D eigenvalue weighted by Gasteiger charge is 2.34. The molecule has 2 aromatic rings. The van der Waals surface area contributed by atoms with Crippen LogP contribution in [0.1, 0.15) is 47.9 Å². The molecule has 0 bridgehead atoms. The van der Waals surface area contributed by atoms with Crippen molar-refractivity contribution in [1.29, 1.82) is 0 Å². The van der Waals surface area contributed by atoms with Crippen LogP contribution in [0.5, 0.6) is 0 Å². The summed E-state index contributed by atoms with van der Waals surface area (Å²) in [7, 11) is 2.61. The molecule has 0 aliphatic rings. The molecule has 0 fully saturated rings. The predicted molar refractivity (Wildman–Crippen MR) is 262 cm³/mol. The predicted octanol–water partition coefficient (Wildman–Crippen LogP) is -1.34. The summed E-state index contributed by atoms with van der Waals surface area (Å²) in [5.41, 5.74) is -0.250. The Kier molecular flexibility index (Phi) is 23.6. The maximum absolute atomic E-state index is 14.0. The first-order valence-electron chi connectivity index (χ1n) is 16.8. The number of nitrogens with one attached hydrogen (secondary N) is 4. The van der Waals surface area contributed by atoms with Gasteiger partial charge in [0.15, 0.2) is 0 Å². The molecule has 0 spiro atoms. The van der Waals surface area contributed by atoms with Crippen molar-refractivity contribution in [1.82, 2.24) is 21.3 Å². The fourth-order valence-corrected chi connectivity index (χ4v) is 14.5. The molecule has 0 aliphatic heterocycles. The second-order valence-electron chi connectivity index (χ2n) is 12.3. The van der Waals surface area contributed by atoms with Gasteiger partial charge in [0.25, 0.3) is 23.6 Å². The van der Waals surface area contributed by atoms with Crippen LogP contribution in [0, 0.1) is 21.4 Å². The molecule has 0 aliphatic carbocycles. The van der Waals surface area contributed by atoms with Gasteiger partial charge in [0.1, 0.15) is 6.42 Å². The molecule has 6 amide bonds. The van der Waals surface area contributed by atoms with Crippen LogP contribution in [0.4, 0.5) is 11.4 Å². The first kappa shape index (κ1) is 54.5. The van der Waals surface area contributed by atoms with E-state index in [1.807, 2.05) is 0 Å². The SMILES string of the molecule is CN(C(=O)CC(=O)N(C)c1c(I)c(C(=O)NCC(O)CO)c(I)c(C(=O)NCC(O)CO)c1I)c1c(I)c(C(=O)NCC(O)CO)c(I)c(C(=O)NCC(O)CO)c1I. The smallest absolute Gasteiger partial charge is 0.253 e. The second-order valence-corrected chi connectivity index (χ2v) is 18.8. The molecule has 0 radical (unpaired) electrons. The zero-order valence-electron chi connectivity index (χ0n) is 30.9. The van der Waals surface area contributed by atoms with Crippen LogP contribution in [0.15, 0.2) is 0 Å². The number of hydrogen-bond acceptors (Lipinski definition) is 14. The zero-order chi connectivity index (χ0) is 45.0. The molecule has 2 aromatic carbocycles. The summed E-state index contributed by atoms with van der Waals surface area (Å²) in [6.45, 7) is -4.05. The van der Waals surface area contributed by atoms with Crippen LogP contribution >= 0.6 is 136 Å². The maximum atomic E-state index is 14.0. The number of nitrogens with zero attached hydrogens (tertiary/aromatic N) is 2. The van der Waals surface area contributed by atoms with Crippen LogP contribution in [-0.2, 0) is 9.59 Å². The molecule has 0 heterocycles. The molecule has 26 heteroatoms. The molecule has 4 unspecified atom stereocenters.